The molecule has 2 amide bonds. The highest BCUT2D eigenvalue weighted by atomic mass is 16.4. The van der Waals surface area contributed by atoms with Crippen LogP contribution in [0, 0.1) is 5.92 Å². The molecular weight excluding hydrogens is 212 g/mol. The number of nitrogens with zero attached hydrogens (tertiary/aromatic N) is 1. The Morgan fingerprint density at radius 3 is 2.62 bits per heavy atom. The maximum atomic E-state index is 11.7. The number of aliphatic carboxylic acids is 1. The fourth-order valence-corrected chi connectivity index (χ4v) is 1.67. The summed E-state index contributed by atoms with van der Waals surface area (Å²) in [4.78, 5) is 23.7. The predicted molar refractivity (Wildman–Crippen MR) is 57.0 cm³/mol. The third-order valence-corrected chi connectivity index (χ3v) is 2.49. The summed E-state index contributed by atoms with van der Waals surface area (Å²) in [7, 11) is 0. The standard InChI is InChI=1S/C10H18N2O4/c1-6(2)4-11-10(16)12-5-7(13)3-8(12)9(14)15/h6-8,13H,3-5H2,1-2H3,(H,11,16)(H,14,15)/t7-,8-/m0/s1. The number of aliphatic hydroxyl groups excluding tert-OH is 1. The monoisotopic (exact) mass is 230 g/mol. The summed E-state index contributed by atoms with van der Waals surface area (Å²) in [5.74, 6) is -0.768. The zero-order chi connectivity index (χ0) is 12.3. The first kappa shape index (κ1) is 12.8. The molecule has 1 fully saturated rings. The van der Waals surface area contributed by atoms with E-state index >= 15 is 0 Å². The minimum absolute atomic E-state index is 0.0842. The number of carbonyl (C=O) groups excluding carboxylic acids is 1. The Morgan fingerprint density at radius 1 is 1.50 bits per heavy atom. The summed E-state index contributed by atoms with van der Waals surface area (Å²) >= 11 is 0. The van der Waals surface area contributed by atoms with E-state index in [0.717, 1.165) is 0 Å². The lowest BCUT2D eigenvalue weighted by molar-refractivity contribution is -0.141. The first-order valence-electron chi connectivity index (χ1n) is 5.37. The molecule has 92 valence electrons. The van der Waals surface area contributed by atoms with E-state index in [1.165, 1.54) is 4.90 Å². The minimum Gasteiger partial charge on any atom is -0.480 e. The van der Waals surface area contributed by atoms with Crippen LogP contribution in [-0.2, 0) is 4.79 Å². The Morgan fingerprint density at radius 2 is 2.12 bits per heavy atom. The normalized spacial score (nSPS) is 24.9. The molecule has 0 aromatic rings. The van der Waals surface area contributed by atoms with Crippen molar-refractivity contribution in [1.82, 2.24) is 10.2 Å². The van der Waals surface area contributed by atoms with Gasteiger partial charge < -0.3 is 20.4 Å². The van der Waals surface area contributed by atoms with Gasteiger partial charge in [0.1, 0.15) is 6.04 Å². The first-order chi connectivity index (χ1) is 7.41. The summed E-state index contributed by atoms with van der Waals surface area (Å²) in [6.07, 6.45) is -0.643. The number of carbonyl (C=O) groups is 2. The van der Waals surface area contributed by atoms with Gasteiger partial charge in [-0.1, -0.05) is 13.8 Å². The molecule has 16 heavy (non-hydrogen) atoms. The average Bonchev–Trinajstić information content (AvgIpc) is 2.56. The number of hydrogen-bond acceptors (Lipinski definition) is 3. The molecule has 0 saturated carbocycles. The predicted octanol–water partition coefficient (Wildman–Crippen LogP) is -0.128. The molecule has 0 radical (unpaired) electrons. The van der Waals surface area contributed by atoms with Gasteiger partial charge in [-0.05, 0) is 5.92 Å². The number of β-amino-alcohol motifs (C(OH)–C–C–N with tert-alkyl or cyclic N) is 1. The second kappa shape index (κ2) is 5.16. The summed E-state index contributed by atoms with van der Waals surface area (Å²) < 4.78 is 0. The zero-order valence-corrected chi connectivity index (χ0v) is 9.51. The molecule has 0 aliphatic carbocycles. The van der Waals surface area contributed by atoms with E-state index in [1.807, 2.05) is 13.8 Å². The Hall–Kier alpha value is -1.30. The SMILES string of the molecule is CC(C)CNC(=O)N1C[C@@H](O)C[C@H]1C(=O)O. The molecule has 1 aliphatic rings. The van der Waals surface area contributed by atoms with Gasteiger partial charge in [-0.15, -0.1) is 0 Å². The van der Waals surface area contributed by atoms with Gasteiger partial charge in [-0.3, -0.25) is 0 Å². The van der Waals surface area contributed by atoms with Gasteiger partial charge in [-0.2, -0.15) is 0 Å². The van der Waals surface area contributed by atoms with Gasteiger partial charge in [0, 0.05) is 19.5 Å². The van der Waals surface area contributed by atoms with E-state index in [-0.39, 0.29) is 13.0 Å². The zero-order valence-electron chi connectivity index (χ0n) is 9.51. The summed E-state index contributed by atoms with van der Waals surface area (Å²) in [6, 6.07) is -1.33. The maximum Gasteiger partial charge on any atom is 0.326 e. The van der Waals surface area contributed by atoms with Crippen molar-refractivity contribution < 1.29 is 19.8 Å². The summed E-state index contributed by atoms with van der Waals surface area (Å²) in [6.45, 7) is 4.49. The average molecular weight is 230 g/mol. The number of aliphatic hydroxyl groups is 1. The van der Waals surface area contributed by atoms with Crippen LogP contribution in [0.4, 0.5) is 4.79 Å². The van der Waals surface area contributed by atoms with Crippen molar-refractivity contribution in [2.24, 2.45) is 5.92 Å². The lowest BCUT2D eigenvalue weighted by Gasteiger charge is -2.22. The topological polar surface area (TPSA) is 89.9 Å². The maximum absolute atomic E-state index is 11.7. The number of nitrogens with one attached hydrogen (secondary N) is 1. The number of urea groups is 1. The number of rotatable bonds is 3. The minimum atomic E-state index is -1.07. The van der Waals surface area contributed by atoms with E-state index in [1.54, 1.807) is 0 Å². The van der Waals surface area contributed by atoms with E-state index in [4.69, 9.17) is 5.11 Å². The summed E-state index contributed by atoms with van der Waals surface area (Å²) in [5, 5.41) is 20.9. The molecule has 1 aliphatic heterocycles. The van der Waals surface area contributed by atoms with E-state index in [2.05, 4.69) is 5.32 Å². The molecule has 1 heterocycles. The van der Waals surface area contributed by atoms with E-state index in [0.29, 0.717) is 12.5 Å². The van der Waals surface area contributed by atoms with Gasteiger partial charge >= 0.3 is 12.0 Å². The van der Waals surface area contributed by atoms with Crippen molar-refractivity contribution in [1.29, 1.82) is 0 Å². The quantitative estimate of drug-likeness (QED) is 0.630. The Bertz CT molecular complexity index is 280. The third kappa shape index (κ3) is 3.10. The molecule has 0 aromatic carbocycles. The van der Waals surface area contributed by atoms with Crippen molar-refractivity contribution in [3.05, 3.63) is 0 Å². The van der Waals surface area contributed by atoms with Crippen molar-refractivity contribution in [2.45, 2.75) is 32.4 Å². The Balaban J connectivity index is 2.56. The highest BCUT2D eigenvalue weighted by Gasteiger charge is 2.38. The van der Waals surface area contributed by atoms with Crippen LogP contribution in [0.2, 0.25) is 0 Å². The van der Waals surface area contributed by atoms with E-state index < -0.39 is 24.1 Å². The van der Waals surface area contributed by atoms with Crippen LogP contribution in [-0.4, -0.2) is 52.3 Å². The highest BCUT2D eigenvalue weighted by molar-refractivity contribution is 5.83. The van der Waals surface area contributed by atoms with Crippen molar-refractivity contribution in [3.63, 3.8) is 0 Å². The molecule has 0 spiro atoms. The van der Waals surface area contributed by atoms with Gasteiger partial charge in [-0.25, -0.2) is 9.59 Å². The molecule has 1 rings (SSSR count). The lowest BCUT2D eigenvalue weighted by atomic mass is 10.2. The molecule has 2 atom stereocenters. The molecular formula is C10H18N2O4. The molecule has 0 unspecified atom stereocenters. The van der Waals surface area contributed by atoms with Crippen LogP contribution in [0.1, 0.15) is 20.3 Å². The van der Waals surface area contributed by atoms with Gasteiger partial charge in [0.2, 0.25) is 0 Å². The largest absolute Gasteiger partial charge is 0.480 e. The fraction of sp³-hybridized carbons (Fsp3) is 0.800. The number of hydrogen-bond donors (Lipinski definition) is 3. The van der Waals surface area contributed by atoms with Crippen molar-refractivity contribution in [2.75, 3.05) is 13.1 Å². The first-order valence-corrected chi connectivity index (χ1v) is 5.37. The Kier molecular flexibility index (Phi) is 4.12. The third-order valence-electron chi connectivity index (χ3n) is 2.49. The van der Waals surface area contributed by atoms with Crippen molar-refractivity contribution >= 4 is 12.0 Å². The molecule has 1 saturated heterocycles. The second-order valence-electron chi connectivity index (χ2n) is 4.48. The van der Waals surface area contributed by atoms with Crippen LogP contribution in [0.15, 0.2) is 0 Å². The van der Waals surface area contributed by atoms with Crippen molar-refractivity contribution in [3.8, 4) is 0 Å². The number of carboxylic acids is 1. The smallest absolute Gasteiger partial charge is 0.326 e. The van der Waals surface area contributed by atoms with Gasteiger partial charge in [0.15, 0.2) is 0 Å². The van der Waals surface area contributed by atoms with Gasteiger partial charge in [0.05, 0.1) is 6.10 Å². The molecule has 6 heteroatoms. The van der Waals surface area contributed by atoms with Crippen LogP contribution >= 0.6 is 0 Å². The highest BCUT2D eigenvalue weighted by Crippen LogP contribution is 2.18. The second-order valence-corrected chi connectivity index (χ2v) is 4.48. The van der Waals surface area contributed by atoms with Crippen LogP contribution in [0.25, 0.3) is 0 Å². The molecule has 0 aromatic heterocycles. The van der Waals surface area contributed by atoms with Crippen LogP contribution in [0.3, 0.4) is 0 Å². The molecule has 6 nitrogen and oxygen atoms in total. The molecule has 0 bridgehead atoms. The van der Waals surface area contributed by atoms with Crippen LogP contribution < -0.4 is 5.32 Å². The molecule has 3 N–H and O–H groups in total. The fourth-order valence-electron chi connectivity index (χ4n) is 1.67. The van der Waals surface area contributed by atoms with Gasteiger partial charge in [0.25, 0.3) is 0 Å². The lowest BCUT2D eigenvalue weighted by Crippen LogP contribution is -2.47. The summed E-state index contributed by atoms with van der Waals surface area (Å²) in [5.41, 5.74) is 0. The van der Waals surface area contributed by atoms with E-state index in [9.17, 15) is 14.7 Å². The number of likely N-dealkylation sites (tertiary alicyclic amines) is 1. The van der Waals surface area contributed by atoms with Crippen LogP contribution in [0.5, 0.6) is 0 Å². The number of carboxylic acid groups (broad SMARTS) is 1. The Labute approximate surface area is 94.2 Å². The number of amides is 2.